The molecule has 0 N–H and O–H groups in total. The molecule has 0 aliphatic carbocycles. The number of halogens is 2. The monoisotopic (exact) mass is 708 g/mol. The first kappa shape index (κ1) is 34.6. The van der Waals surface area contributed by atoms with Gasteiger partial charge in [0.1, 0.15) is 11.5 Å². The van der Waals surface area contributed by atoms with Crippen LogP contribution in [0.3, 0.4) is 0 Å². The quantitative estimate of drug-likeness (QED) is 0.120. The fourth-order valence-corrected chi connectivity index (χ4v) is 6.75. The van der Waals surface area contributed by atoms with E-state index in [0.717, 1.165) is 0 Å². The zero-order valence-electron chi connectivity index (χ0n) is 26.1. The van der Waals surface area contributed by atoms with E-state index < -0.39 is 27.9 Å². The largest absolute Gasteiger partial charge is 0.465 e. The van der Waals surface area contributed by atoms with Crippen LogP contribution in [0, 0.1) is 0 Å². The molecule has 2 heterocycles. The molecule has 1 aliphatic heterocycles. The highest BCUT2D eigenvalue weighted by atomic mass is 35.5. The van der Waals surface area contributed by atoms with Crippen LogP contribution in [0.15, 0.2) is 111 Å². The molecule has 1 aromatic heterocycles. The Morgan fingerprint density at radius 3 is 2.10 bits per heavy atom. The van der Waals surface area contributed by atoms with Gasteiger partial charge >= 0.3 is 11.9 Å². The summed E-state index contributed by atoms with van der Waals surface area (Å²) in [4.78, 5) is 40.2. The van der Waals surface area contributed by atoms with Gasteiger partial charge < -0.3 is 13.9 Å². The van der Waals surface area contributed by atoms with E-state index in [1.807, 2.05) is 0 Å². The molecule has 4 aromatic rings. The van der Waals surface area contributed by atoms with Crippen molar-refractivity contribution in [2.24, 2.45) is 0 Å². The number of benzene rings is 3. The lowest BCUT2D eigenvalue weighted by molar-refractivity contribution is -0.136. The molecule has 0 spiro atoms. The summed E-state index contributed by atoms with van der Waals surface area (Å²) >= 11 is 12.0. The third-order valence-electron chi connectivity index (χ3n) is 7.45. The topological polar surface area (TPSA) is 123 Å². The van der Waals surface area contributed by atoms with Gasteiger partial charge in [0.2, 0.25) is 10.0 Å². The number of ether oxygens (including phenoxy) is 2. The number of amides is 1. The summed E-state index contributed by atoms with van der Waals surface area (Å²) in [6.45, 7) is 3.39. The third-order valence-corrected chi connectivity index (χ3v) is 9.76. The number of methoxy groups -OCH3 is 1. The highest BCUT2D eigenvalue weighted by Crippen LogP contribution is 2.36. The summed E-state index contributed by atoms with van der Waals surface area (Å²) in [6, 6.07) is 22.0. The second kappa shape index (κ2) is 14.6. The number of anilines is 1. The predicted molar refractivity (Wildman–Crippen MR) is 181 cm³/mol. The van der Waals surface area contributed by atoms with Crippen LogP contribution in [-0.4, -0.2) is 44.3 Å². The highest BCUT2D eigenvalue weighted by molar-refractivity contribution is 7.89. The number of carbonyl (C=O) groups excluding carboxylic acids is 3. The Hall–Kier alpha value is -4.68. The lowest BCUT2D eigenvalue weighted by Gasteiger charge is -2.21. The van der Waals surface area contributed by atoms with Crippen molar-refractivity contribution in [3.63, 3.8) is 0 Å². The Morgan fingerprint density at radius 1 is 0.875 bits per heavy atom. The fourth-order valence-electron chi connectivity index (χ4n) is 5.10. The molecular weight excluding hydrogens is 679 g/mol. The van der Waals surface area contributed by atoms with Crippen molar-refractivity contribution in [2.45, 2.75) is 31.8 Å². The molecule has 5 rings (SSSR count). The maximum absolute atomic E-state index is 13.8. The summed E-state index contributed by atoms with van der Waals surface area (Å²) in [6.07, 6.45) is 1.41. The molecule has 13 heteroatoms. The number of nitrogens with zero attached hydrogens (tertiary/aromatic N) is 2. The van der Waals surface area contributed by atoms with Gasteiger partial charge in [0.25, 0.3) is 5.91 Å². The average molecular weight is 710 g/mol. The zero-order chi connectivity index (χ0) is 34.6. The van der Waals surface area contributed by atoms with Crippen molar-refractivity contribution in [3.8, 4) is 0 Å². The maximum atomic E-state index is 13.8. The van der Waals surface area contributed by atoms with Gasteiger partial charge in [-0.1, -0.05) is 35.3 Å². The molecule has 3 aromatic carbocycles. The lowest BCUT2D eigenvalue weighted by Crippen LogP contribution is -2.30. The van der Waals surface area contributed by atoms with Gasteiger partial charge in [0.05, 0.1) is 41.9 Å². The second-order valence-corrected chi connectivity index (χ2v) is 13.4. The fraction of sp³-hybridized carbons (Fsp3) is 0.171. The van der Waals surface area contributed by atoms with Gasteiger partial charge in [0, 0.05) is 28.0 Å². The first-order chi connectivity index (χ1) is 22.9. The van der Waals surface area contributed by atoms with E-state index >= 15 is 0 Å². The maximum Gasteiger partial charge on any atom is 0.340 e. The van der Waals surface area contributed by atoms with E-state index in [2.05, 4.69) is 0 Å². The van der Waals surface area contributed by atoms with Crippen molar-refractivity contribution in [1.29, 1.82) is 0 Å². The lowest BCUT2D eigenvalue weighted by atomic mass is 10.1. The Kier molecular flexibility index (Phi) is 10.5. The van der Waals surface area contributed by atoms with Crippen molar-refractivity contribution < 1.29 is 36.7 Å². The van der Waals surface area contributed by atoms with Gasteiger partial charge in [-0.05, 0) is 98.3 Å². The number of hydrogen-bond acceptors (Lipinski definition) is 8. The van der Waals surface area contributed by atoms with Gasteiger partial charge in [-0.2, -0.15) is 4.31 Å². The first-order valence-corrected chi connectivity index (χ1v) is 16.8. The molecule has 0 atom stereocenters. The summed E-state index contributed by atoms with van der Waals surface area (Å²) in [5.74, 6) is -1.26. The molecular formula is C35H30Cl2N2O8S. The van der Waals surface area contributed by atoms with Crippen LogP contribution < -0.4 is 4.90 Å². The van der Waals surface area contributed by atoms with Gasteiger partial charge in [-0.25, -0.2) is 18.0 Å². The number of allylic oxidation sites excluding steroid dienone is 1. The summed E-state index contributed by atoms with van der Waals surface area (Å²) in [5, 5.41) is 0.908. The minimum atomic E-state index is -4.02. The predicted octanol–water partition coefficient (Wildman–Crippen LogP) is 7.03. The molecule has 0 saturated heterocycles. The Labute approximate surface area is 287 Å². The van der Waals surface area contributed by atoms with Crippen LogP contribution in [-0.2, 0) is 42.2 Å². The van der Waals surface area contributed by atoms with E-state index in [-0.39, 0.29) is 47.3 Å². The van der Waals surface area contributed by atoms with E-state index in [1.165, 1.54) is 58.8 Å². The van der Waals surface area contributed by atoms with Gasteiger partial charge in [-0.15, -0.1) is 0 Å². The minimum absolute atomic E-state index is 0.00999. The molecule has 0 unspecified atom stereocenters. The number of esters is 2. The number of carbonyl (C=O) groups is 3. The normalized spacial score (nSPS) is 14.2. The number of furan rings is 1. The van der Waals surface area contributed by atoms with Crippen LogP contribution in [0.1, 0.15) is 41.3 Å². The zero-order valence-corrected chi connectivity index (χ0v) is 28.4. The molecule has 48 heavy (non-hydrogen) atoms. The van der Waals surface area contributed by atoms with Crippen molar-refractivity contribution in [3.05, 3.63) is 134 Å². The molecule has 1 amide bonds. The molecule has 1 aliphatic rings. The molecule has 0 saturated carbocycles. The van der Waals surface area contributed by atoms with Crippen LogP contribution in [0.4, 0.5) is 5.69 Å². The van der Waals surface area contributed by atoms with Crippen LogP contribution in [0.2, 0.25) is 10.0 Å². The van der Waals surface area contributed by atoms with Crippen molar-refractivity contribution in [1.82, 2.24) is 4.31 Å². The number of sulfonamides is 1. The summed E-state index contributed by atoms with van der Waals surface area (Å²) in [7, 11) is -2.81. The molecule has 0 bridgehead atoms. The van der Waals surface area contributed by atoms with E-state index in [4.69, 9.17) is 37.1 Å². The standard InChI is InChI=1S/C35H30Cl2N2O8S/c1-4-46-34(41)24-7-13-27(14-8-24)39-22(2)32(35(42)45-3)31(33(39)40)19-28-15-16-29(47-28)21-38(20-23-5-9-25(36)10-6-23)48(43,44)30-17-11-26(37)12-18-30/h5-19H,4,20-21H2,1-3H3/b31-19+. The molecule has 0 radical (unpaired) electrons. The second-order valence-electron chi connectivity index (χ2n) is 10.6. The van der Waals surface area contributed by atoms with Crippen LogP contribution in [0.25, 0.3) is 6.08 Å². The van der Waals surface area contributed by atoms with E-state index in [0.29, 0.717) is 32.6 Å². The smallest absolute Gasteiger partial charge is 0.340 e. The van der Waals surface area contributed by atoms with E-state index in [9.17, 15) is 22.8 Å². The van der Waals surface area contributed by atoms with Gasteiger partial charge in [-0.3, -0.25) is 9.69 Å². The minimum Gasteiger partial charge on any atom is -0.465 e. The molecule has 0 fully saturated rings. The average Bonchev–Trinajstić information content (AvgIpc) is 3.62. The molecule has 10 nitrogen and oxygen atoms in total. The Bertz CT molecular complexity index is 2020. The van der Waals surface area contributed by atoms with E-state index in [1.54, 1.807) is 62.4 Å². The Morgan fingerprint density at radius 2 is 1.50 bits per heavy atom. The van der Waals surface area contributed by atoms with Crippen LogP contribution in [0.5, 0.6) is 0 Å². The van der Waals surface area contributed by atoms with Crippen molar-refractivity contribution in [2.75, 3.05) is 18.6 Å². The number of rotatable bonds is 11. The Balaban J connectivity index is 1.46. The van der Waals surface area contributed by atoms with Crippen molar-refractivity contribution >= 4 is 62.8 Å². The molecule has 248 valence electrons. The number of hydrogen-bond donors (Lipinski definition) is 0. The summed E-state index contributed by atoms with van der Waals surface area (Å²) in [5.41, 5.74) is 1.79. The van der Waals surface area contributed by atoms with Gasteiger partial charge in [0.15, 0.2) is 0 Å². The van der Waals surface area contributed by atoms with Crippen LogP contribution >= 0.6 is 23.2 Å². The summed E-state index contributed by atoms with van der Waals surface area (Å²) < 4.78 is 44.8. The third kappa shape index (κ3) is 7.39. The first-order valence-electron chi connectivity index (χ1n) is 14.6. The SMILES string of the molecule is CCOC(=O)c1ccc(N2C(=O)/C(=C/c3ccc(CN(Cc4ccc(Cl)cc4)S(=O)(=O)c4ccc(Cl)cc4)o3)C(C(=O)OC)=C2C)cc1. The highest BCUT2D eigenvalue weighted by Gasteiger charge is 2.38.